The molecule has 4 aliphatic rings. The summed E-state index contributed by atoms with van der Waals surface area (Å²) in [6.45, 7) is 12.1. The second-order valence-electron chi connectivity index (χ2n) is 11.2. The quantitative estimate of drug-likeness (QED) is 0.392. The zero-order valence-electron chi connectivity index (χ0n) is 19.8. The van der Waals surface area contributed by atoms with Gasteiger partial charge in [0.1, 0.15) is 6.10 Å². The van der Waals surface area contributed by atoms with Crippen LogP contribution in [0.2, 0.25) is 0 Å². The van der Waals surface area contributed by atoms with Crippen molar-refractivity contribution in [3.05, 3.63) is 23.3 Å². The molecule has 2 N–H and O–H groups in total. The Morgan fingerprint density at radius 1 is 1.23 bits per heavy atom. The molecule has 0 aromatic heterocycles. The number of esters is 1. The van der Waals surface area contributed by atoms with Gasteiger partial charge in [0, 0.05) is 12.3 Å². The number of allylic oxidation sites excluding steroid dienone is 1. The number of rotatable bonds is 5. The molecule has 0 unspecified atom stereocenters. The maximum absolute atomic E-state index is 14.2. The van der Waals surface area contributed by atoms with E-state index in [4.69, 9.17) is 4.74 Å². The van der Waals surface area contributed by atoms with Crippen molar-refractivity contribution in [3.63, 3.8) is 0 Å². The van der Waals surface area contributed by atoms with E-state index >= 15 is 0 Å². The van der Waals surface area contributed by atoms with Crippen LogP contribution < -0.4 is 0 Å². The molecule has 172 valence electrons. The lowest BCUT2D eigenvalue weighted by Crippen LogP contribution is -2.65. The van der Waals surface area contributed by atoms with Crippen LogP contribution >= 0.6 is 0 Å². The number of hydrogen-bond donors (Lipinski definition) is 2. The largest absolute Gasteiger partial charge is 0.455 e. The Labute approximate surface area is 185 Å². The van der Waals surface area contributed by atoms with Gasteiger partial charge in [0.2, 0.25) is 0 Å². The van der Waals surface area contributed by atoms with E-state index in [1.807, 2.05) is 26.0 Å². The minimum atomic E-state index is -1.88. The van der Waals surface area contributed by atoms with Gasteiger partial charge in [-0.25, -0.2) is 0 Å². The number of fused-ring (bicyclic) bond motifs is 3. The number of ether oxygens (including phenoxy) is 1. The van der Waals surface area contributed by atoms with Gasteiger partial charge in [0.05, 0.1) is 5.41 Å². The number of hydrogen-bond acceptors (Lipinski definition) is 5. The Morgan fingerprint density at radius 2 is 1.90 bits per heavy atom. The van der Waals surface area contributed by atoms with Crippen LogP contribution in [-0.2, 0) is 14.3 Å². The summed E-state index contributed by atoms with van der Waals surface area (Å²) in [6.07, 6.45) is 5.17. The summed E-state index contributed by atoms with van der Waals surface area (Å²) < 4.78 is 5.82. The third-order valence-corrected chi connectivity index (χ3v) is 9.08. The number of ketones is 1. The first-order valence-electron chi connectivity index (χ1n) is 12.0. The molecule has 4 rings (SSSR count). The second kappa shape index (κ2) is 7.28. The number of aliphatic hydroxyl groups excluding tert-OH is 1. The molecule has 0 aliphatic heterocycles. The predicted octanol–water partition coefficient (Wildman–Crippen LogP) is 3.97. The molecule has 0 heterocycles. The third kappa shape index (κ3) is 2.88. The zero-order valence-corrected chi connectivity index (χ0v) is 19.8. The predicted molar refractivity (Wildman–Crippen MR) is 118 cm³/mol. The first-order chi connectivity index (χ1) is 14.4. The Morgan fingerprint density at radius 3 is 2.55 bits per heavy atom. The van der Waals surface area contributed by atoms with Crippen molar-refractivity contribution in [2.75, 3.05) is 0 Å². The Bertz CT molecular complexity index is 854. The highest BCUT2D eigenvalue weighted by molar-refractivity contribution is 5.95. The highest BCUT2D eigenvalue weighted by Crippen LogP contribution is 2.71. The molecule has 1 spiro atoms. The van der Waals surface area contributed by atoms with Crippen LogP contribution in [0.15, 0.2) is 23.3 Å². The van der Waals surface area contributed by atoms with E-state index in [2.05, 4.69) is 20.8 Å². The highest BCUT2D eigenvalue weighted by atomic mass is 16.6. The molecule has 0 radical (unpaired) electrons. The van der Waals surface area contributed by atoms with E-state index < -0.39 is 23.2 Å². The van der Waals surface area contributed by atoms with Crippen molar-refractivity contribution < 1.29 is 24.5 Å². The average Bonchev–Trinajstić information content (AvgIpc) is 3.19. The first kappa shape index (κ1) is 22.7. The van der Waals surface area contributed by atoms with E-state index in [-0.39, 0.29) is 41.3 Å². The fourth-order valence-corrected chi connectivity index (χ4v) is 7.28. The van der Waals surface area contributed by atoms with Crippen LogP contribution in [-0.4, -0.2) is 39.8 Å². The van der Waals surface area contributed by atoms with E-state index in [0.29, 0.717) is 17.1 Å². The van der Waals surface area contributed by atoms with E-state index in [1.165, 1.54) is 0 Å². The van der Waals surface area contributed by atoms with Gasteiger partial charge in [-0.3, -0.25) is 9.59 Å². The Balaban J connectivity index is 1.77. The fourth-order valence-electron chi connectivity index (χ4n) is 7.28. The van der Waals surface area contributed by atoms with E-state index in [1.54, 1.807) is 6.92 Å². The van der Waals surface area contributed by atoms with Crippen molar-refractivity contribution in [1.82, 2.24) is 0 Å². The van der Waals surface area contributed by atoms with Crippen molar-refractivity contribution in [3.8, 4) is 0 Å². The normalized spacial score (nSPS) is 45.0. The maximum Gasteiger partial charge on any atom is 0.306 e. The van der Waals surface area contributed by atoms with E-state index in [9.17, 15) is 19.8 Å². The molecule has 0 saturated heterocycles. The van der Waals surface area contributed by atoms with Crippen molar-refractivity contribution in [1.29, 1.82) is 0 Å². The summed E-state index contributed by atoms with van der Waals surface area (Å²) in [5.41, 5.74) is -1.82. The molecule has 0 aromatic carbocycles. The van der Waals surface area contributed by atoms with Crippen LogP contribution in [0.4, 0.5) is 0 Å². The average molecular weight is 431 g/mol. The molecule has 2 saturated carbocycles. The molecular formula is C26H38O5. The van der Waals surface area contributed by atoms with Gasteiger partial charge in [-0.15, -0.1) is 0 Å². The number of carbonyl (C=O) groups excluding carboxylic acids is 2. The van der Waals surface area contributed by atoms with Gasteiger partial charge >= 0.3 is 5.97 Å². The second-order valence-corrected chi connectivity index (χ2v) is 11.2. The third-order valence-electron chi connectivity index (χ3n) is 9.08. The first-order valence-corrected chi connectivity index (χ1v) is 12.0. The summed E-state index contributed by atoms with van der Waals surface area (Å²) >= 11 is 0. The number of unbranched alkanes of at least 4 members (excludes halogenated alkanes) is 2. The standard InChI is InChI=1S/C26H38O5/c1-7-8-9-10-19(27)31-23-15(3)13-25-16(4)12-18-20(24(18,5)6)17(22(25)29)11-14(2)21(28)26(23,25)30/h11,13,16-18,20-21,23,28,30H,7-10,12H2,1-6H3/t16-,17+,18-,20+,21-,23+,25+,26+/m1/s1. The summed E-state index contributed by atoms with van der Waals surface area (Å²) in [5, 5.41) is 23.6. The lowest BCUT2D eigenvalue weighted by molar-refractivity contribution is -0.202. The van der Waals surface area contributed by atoms with Crippen molar-refractivity contribution >= 4 is 11.8 Å². The van der Waals surface area contributed by atoms with Crippen LogP contribution in [0.25, 0.3) is 0 Å². The van der Waals surface area contributed by atoms with Crippen molar-refractivity contribution in [2.45, 2.75) is 91.5 Å². The molecule has 5 heteroatoms. The van der Waals surface area contributed by atoms with Crippen LogP contribution in [0.3, 0.4) is 0 Å². The van der Waals surface area contributed by atoms with Gasteiger partial charge in [0.15, 0.2) is 17.5 Å². The van der Waals surface area contributed by atoms with Gasteiger partial charge < -0.3 is 14.9 Å². The number of Topliss-reactive ketones (excluding diaryl/α,β-unsaturated/α-hetero) is 1. The zero-order chi connectivity index (χ0) is 22.9. The van der Waals surface area contributed by atoms with Gasteiger partial charge in [-0.2, -0.15) is 0 Å². The lowest BCUT2D eigenvalue weighted by atomic mass is 9.59. The smallest absolute Gasteiger partial charge is 0.306 e. The van der Waals surface area contributed by atoms with Crippen LogP contribution in [0, 0.1) is 34.5 Å². The molecule has 4 aliphatic carbocycles. The molecule has 2 bridgehead atoms. The van der Waals surface area contributed by atoms with Gasteiger partial charge in [-0.05, 0) is 61.0 Å². The monoisotopic (exact) mass is 430 g/mol. The maximum atomic E-state index is 14.2. The summed E-state index contributed by atoms with van der Waals surface area (Å²) in [4.78, 5) is 26.8. The Hall–Kier alpha value is -1.46. The van der Waals surface area contributed by atoms with Crippen molar-refractivity contribution in [2.24, 2.45) is 34.5 Å². The SMILES string of the molecule is CCCCCC(=O)O[C@H]1C(C)=C[C@]23C(=O)[C@@H](C=C(C)[C@@H](O)[C@]12O)[C@H]1[C@@H](C[C@H]3C)C1(C)C. The lowest BCUT2D eigenvalue weighted by Gasteiger charge is -2.48. The highest BCUT2D eigenvalue weighted by Gasteiger charge is 2.76. The minimum absolute atomic E-state index is 0.0274. The minimum Gasteiger partial charge on any atom is -0.455 e. The molecule has 8 atom stereocenters. The molecule has 0 amide bonds. The fraction of sp³-hybridized carbons (Fsp3) is 0.769. The van der Waals surface area contributed by atoms with E-state index in [0.717, 1.165) is 25.7 Å². The van der Waals surface area contributed by atoms with Gasteiger partial charge in [-0.1, -0.05) is 52.7 Å². The number of aliphatic hydroxyl groups is 2. The summed E-state index contributed by atoms with van der Waals surface area (Å²) in [6, 6.07) is 0. The topological polar surface area (TPSA) is 83.8 Å². The van der Waals surface area contributed by atoms with Crippen LogP contribution in [0.5, 0.6) is 0 Å². The summed E-state index contributed by atoms with van der Waals surface area (Å²) in [5.74, 6) is -0.294. The Kier molecular flexibility index (Phi) is 5.33. The molecule has 0 aromatic rings. The molecule has 2 fully saturated rings. The van der Waals surface area contributed by atoms with Crippen LogP contribution in [0.1, 0.15) is 73.6 Å². The molecule has 31 heavy (non-hydrogen) atoms. The molecular weight excluding hydrogens is 392 g/mol. The number of carbonyl (C=O) groups is 2. The molecule has 5 nitrogen and oxygen atoms in total. The summed E-state index contributed by atoms with van der Waals surface area (Å²) in [7, 11) is 0. The van der Waals surface area contributed by atoms with Gasteiger partial charge in [0.25, 0.3) is 0 Å².